The second kappa shape index (κ2) is 10.0. The van der Waals surface area contributed by atoms with Gasteiger partial charge in [0, 0.05) is 16.3 Å². The van der Waals surface area contributed by atoms with Gasteiger partial charge in [-0.15, -0.1) is 0 Å². The zero-order valence-corrected chi connectivity index (χ0v) is 16.5. The number of ether oxygens (including phenoxy) is 2. The van der Waals surface area contributed by atoms with Crippen LogP contribution in [-0.2, 0) is 4.79 Å². The van der Waals surface area contributed by atoms with E-state index < -0.39 is 5.91 Å². The van der Waals surface area contributed by atoms with Crippen molar-refractivity contribution in [2.24, 2.45) is 0 Å². The van der Waals surface area contributed by atoms with E-state index in [1.54, 1.807) is 24.3 Å². The van der Waals surface area contributed by atoms with E-state index >= 15 is 0 Å². The zero-order valence-electron chi connectivity index (χ0n) is 15.0. The van der Waals surface area contributed by atoms with E-state index in [-0.39, 0.29) is 23.0 Å². The standard InChI is InChI=1S/C19H20Cl2N2O4/c1-3-8-27-18-15(21)9-12(10-16(18)26-2)19(25)22-11-17(24)23-14-6-4-13(20)5-7-14/h4-7,9-10H,3,8,11H2,1-2H3,(H,22,25)(H,23,24). The van der Waals surface area contributed by atoms with Gasteiger partial charge in [-0.25, -0.2) is 0 Å². The summed E-state index contributed by atoms with van der Waals surface area (Å²) in [5, 5.41) is 6.03. The van der Waals surface area contributed by atoms with Crippen molar-refractivity contribution >= 4 is 40.7 Å². The van der Waals surface area contributed by atoms with E-state index in [0.717, 1.165) is 6.42 Å². The molecule has 27 heavy (non-hydrogen) atoms. The van der Waals surface area contributed by atoms with Crippen LogP contribution in [0.4, 0.5) is 5.69 Å². The first-order valence-corrected chi connectivity index (χ1v) is 9.04. The molecule has 2 aromatic rings. The molecule has 0 spiro atoms. The highest BCUT2D eigenvalue weighted by Gasteiger charge is 2.16. The Kier molecular flexibility index (Phi) is 7.76. The molecule has 2 rings (SSSR count). The molecule has 2 amide bonds. The minimum Gasteiger partial charge on any atom is -0.493 e. The highest BCUT2D eigenvalue weighted by molar-refractivity contribution is 6.32. The van der Waals surface area contributed by atoms with Crippen molar-refractivity contribution in [1.82, 2.24) is 5.32 Å². The number of carbonyl (C=O) groups is 2. The first kappa shape index (κ1) is 20.9. The molecule has 2 aromatic carbocycles. The summed E-state index contributed by atoms with van der Waals surface area (Å²) in [5.74, 6) is -0.0834. The van der Waals surface area contributed by atoms with Gasteiger partial charge in [0.1, 0.15) is 0 Å². The van der Waals surface area contributed by atoms with Gasteiger partial charge in [-0.2, -0.15) is 0 Å². The van der Waals surface area contributed by atoms with Crippen molar-refractivity contribution in [2.45, 2.75) is 13.3 Å². The molecule has 0 heterocycles. The number of anilines is 1. The smallest absolute Gasteiger partial charge is 0.251 e. The Bertz CT molecular complexity index is 810. The number of hydrogen-bond donors (Lipinski definition) is 2. The van der Waals surface area contributed by atoms with Gasteiger partial charge in [0.2, 0.25) is 5.91 Å². The van der Waals surface area contributed by atoms with Gasteiger partial charge in [-0.3, -0.25) is 9.59 Å². The minimum absolute atomic E-state index is 0.199. The van der Waals surface area contributed by atoms with Gasteiger partial charge < -0.3 is 20.1 Å². The van der Waals surface area contributed by atoms with Crippen molar-refractivity contribution < 1.29 is 19.1 Å². The summed E-state index contributed by atoms with van der Waals surface area (Å²) in [6.45, 7) is 2.25. The zero-order chi connectivity index (χ0) is 19.8. The Morgan fingerprint density at radius 1 is 1.11 bits per heavy atom. The third-order valence-corrected chi connectivity index (χ3v) is 4.01. The quantitative estimate of drug-likeness (QED) is 0.684. The molecule has 0 atom stereocenters. The fourth-order valence-electron chi connectivity index (χ4n) is 2.20. The van der Waals surface area contributed by atoms with Crippen molar-refractivity contribution in [3.8, 4) is 11.5 Å². The number of hydrogen-bond acceptors (Lipinski definition) is 4. The van der Waals surface area contributed by atoms with Crippen LogP contribution in [0, 0.1) is 0 Å². The lowest BCUT2D eigenvalue weighted by Crippen LogP contribution is -2.32. The molecular formula is C19H20Cl2N2O4. The topological polar surface area (TPSA) is 76.7 Å². The average molecular weight is 411 g/mol. The fraction of sp³-hybridized carbons (Fsp3) is 0.263. The lowest BCUT2D eigenvalue weighted by Gasteiger charge is -2.14. The Labute approximate surface area is 167 Å². The van der Waals surface area contributed by atoms with Crippen molar-refractivity contribution in [3.05, 3.63) is 52.0 Å². The van der Waals surface area contributed by atoms with Crippen LogP contribution in [0.1, 0.15) is 23.7 Å². The van der Waals surface area contributed by atoms with Crippen LogP contribution in [0.3, 0.4) is 0 Å². The number of rotatable bonds is 8. The molecule has 6 nitrogen and oxygen atoms in total. The summed E-state index contributed by atoms with van der Waals surface area (Å²) in [6, 6.07) is 9.65. The molecule has 0 aliphatic heterocycles. The largest absolute Gasteiger partial charge is 0.493 e. The average Bonchev–Trinajstić information content (AvgIpc) is 2.66. The van der Waals surface area contributed by atoms with Crippen LogP contribution in [0.2, 0.25) is 10.0 Å². The van der Waals surface area contributed by atoms with E-state index in [1.807, 2.05) is 6.92 Å². The minimum atomic E-state index is -0.455. The SMILES string of the molecule is CCCOc1c(Cl)cc(C(=O)NCC(=O)Nc2ccc(Cl)cc2)cc1OC. The van der Waals surface area contributed by atoms with Gasteiger partial charge in [0.15, 0.2) is 11.5 Å². The number of halogens is 2. The monoisotopic (exact) mass is 410 g/mol. The van der Waals surface area contributed by atoms with Crippen molar-refractivity contribution in [1.29, 1.82) is 0 Å². The second-order valence-electron chi connectivity index (χ2n) is 5.58. The summed E-state index contributed by atoms with van der Waals surface area (Å²) < 4.78 is 10.8. The Morgan fingerprint density at radius 2 is 1.81 bits per heavy atom. The molecular weight excluding hydrogens is 391 g/mol. The molecule has 0 aliphatic carbocycles. The first-order chi connectivity index (χ1) is 12.9. The third-order valence-electron chi connectivity index (χ3n) is 3.48. The van der Waals surface area contributed by atoms with Crippen LogP contribution in [0.25, 0.3) is 0 Å². The summed E-state index contributed by atoms with van der Waals surface area (Å²) in [5.41, 5.74) is 0.848. The van der Waals surface area contributed by atoms with Crippen LogP contribution >= 0.6 is 23.2 Å². The highest BCUT2D eigenvalue weighted by Crippen LogP contribution is 2.36. The normalized spacial score (nSPS) is 10.2. The third kappa shape index (κ3) is 6.05. The van der Waals surface area contributed by atoms with E-state index in [9.17, 15) is 9.59 Å². The Balaban J connectivity index is 1.99. The maximum atomic E-state index is 12.3. The molecule has 144 valence electrons. The van der Waals surface area contributed by atoms with Crippen molar-refractivity contribution in [2.75, 3.05) is 25.6 Å². The lowest BCUT2D eigenvalue weighted by molar-refractivity contribution is -0.115. The molecule has 0 saturated heterocycles. The van der Waals surface area contributed by atoms with Gasteiger partial charge in [-0.1, -0.05) is 30.1 Å². The van der Waals surface area contributed by atoms with Gasteiger partial charge in [-0.05, 0) is 42.8 Å². The summed E-state index contributed by atoms with van der Waals surface area (Å²) in [6.07, 6.45) is 0.810. The number of benzene rings is 2. The fourth-order valence-corrected chi connectivity index (χ4v) is 2.59. The van der Waals surface area contributed by atoms with Crippen LogP contribution in [0.5, 0.6) is 11.5 Å². The molecule has 8 heteroatoms. The van der Waals surface area contributed by atoms with Crippen LogP contribution in [-0.4, -0.2) is 32.1 Å². The van der Waals surface area contributed by atoms with Crippen LogP contribution < -0.4 is 20.1 Å². The van der Waals surface area contributed by atoms with Crippen molar-refractivity contribution in [3.63, 3.8) is 0 Å². The molecule has 0 bridgehead atoms. The number of carbonyl (C=O) groups excluding carboxylic acids is 2. The maximum absolute atomic E-state index is 12.3. The summed E-state index contributed by atoms with van der Waals surface area (Å²) in [7, 11) is 1.46. The molecule has 0 unspecified atom stereocenters. The molecule has 0 fully saturated rings. The van der Waals surface area contributed by atoms with E-state index in [2.05, 4.69) is 10.6 Å². The highest BCUT2D eigenvalue weighted by atomic mass is 35.5. The van der Waals surface area contributed by atoms with Gasteiger partial charge >= 0.3 is 0 Å². The Hall–Kier alpha value is -2.44. The Morgan fingerprint density at radius 3 is 2.44 bits per heavy atom. The number of nitrogens with one attached hydrogen (secondary N) is 2. The molecule has 0 aromatic heterocycles. The first-order valence-electron chi connectivity index (χ1n) is 8.28. The predicted molar refractivity (Wildman–Crippen MR) is 106 cm³/mol. The van der Waals surface area contributed by atoms with Gasteiger partial charge in [0.25, 0.3) is 5.91 Å². The molecule has 0 radical (unpaired) electrons. The number of amides is 2. The van der Waals surface area contributed by atoms with E-state index in [1.165, 1.54) is 19.2 Å². The van der Waals surface area contributed by atoms with Crippen LogP contribution in [0.15, 0.2) is 36.4 Å². The summed E-state index contributed by atoms with van der Waals surface area (Å²) in [4.78, 5) is 24.3. The number of methoxy groups -OCH3 is 1. The molecule has 2 N–H and O–H groups in total. The maximum Gasteiger partial charge on any atom is 0.251 e. The van der Waals surface area contributed by atoms with Gasteiger partial charge in [0.05, 0.1) is 25.3 Å². The summed E-state index contributed by atoms with van der Waals surface area (Å²) >= 11 is 12.0. The molecule has 0 aliphatic rings. The van der Waals surface area contributed by atoms with E-state index in [0.29, 0.717) is 28.8 Å². The van der Waals surface area contributed by atoms with E-state index in [4.69, 9.17) is 32.7 Å². The lowest BCUT2D eigenvalue weighted by atomic mass is 10.2. The second-order valence-corrected chi connectivity index (χ2v) is 6.42. The predicted octanol–water partition coefficient (Wildman–Crippen LogP) is 4.16. The molecule has 0 saturated carbocycles.